The summed E-state index contributed by atoms with van der Waals surface area (Å²) in [7, 11) is 0. The van der Waals surface area contributed by atoms with E-state index in [-0.39, 0.29) is 17.8 Å². The molecule has 1 amide bonds. The number of carbonyl (C=O) groups is 2. The third kappa shape index (κ3) is 2.81. The summed E-state index contributed by atoms with van der Waals surface area (Å²) in [6.07, 6.45) is -0.477. The molecule has 3 N–H and O–H groups in total. The smallest absolute Gasteiger partial charge is 0.339 e. The highest BCUT2D eigenvalue weighted by Crippen LogP contribution is 2.53. The maximum Gasteiger partial charge on any atom is 0.339 e. The van der Waals surface area contributed by atoms with Gasteiger partial charge in [0.15, 0.2) is 0 Å². The van der Waals surface area contributed by atoms with E-state index in [1.54, 1.807) is 18.2 Å². The van der Waals surface area contributed by atoms with Crippen LogP contribution in [0.4, 0.5) is 11.4 Å². The minimum absolute atomic E-state index is 0.166. The van der Waals surface area contributed by atoms with E-state index in [9.17, 15) is 9.59 Å². The number of carbonyl (C=O) groups excluding carboxylic acids is 2. The Morgan fingerprint density at radius 1 is 0.966 bits per heavy atom. The maximum absolute atomic E-state index is 12.5. The minimum atomic E-state index is -0.477. The molecule has 2 aliphatic rings. The lowest BCUT2D eigenvalue weighted by Crippen LogP contribution is -2.18. The fourth-order valence-corrected chi connectivity index (χ4v) is 4.09. The summed E-state index contributed by atoms with van der Waals surface area (Å²) in [5.41, 5.74) is 10.4. The molecule has 0 bridgehead atoms. The van der Waals surface area contributed by atoms with Crippen LogP contribution in [0.3, 0.4) is 0 Å². The van der Waals surface area contributed by atoms with Gasteiger partial charge >= 0.3 is 5.97 Å². The number of fused-ring (bicyclic) bond motifs is 3. The van der Waals surface area contributed by atoms with Gasteiger partial charge < -0.3 is 20.5 Å². The Balaban J connectivity index is 1.68. The number of nitrogens with one attached hydrogen (secondary N) is 1. The second kappa shape index (κ2) is 6.38. The van der Waals surface area contributed by atoms with Crippen LogP contribution in [0.5, 0.6) is 11.5 Å². The molecule has 6 nitrogen and oxygen atoms in total. The number of nitrogen functional groups attached to an aromatic ring is 1. The molecule has 2 aliphatic heterocycles. The first-order chi connectivity index (χ1) is 14.0. The van der Waals surface area contributed by atoms with Crippen LogP contribution in [0.15, 0.2) is 60.7 Å². The summed E-state index contributed by atoms with van der Waals surface area (Å²) in [5, 5.41) is 2.77. The monoisotopic (exact) mass is 386 g/mol. The van der Waals surface area contributed by atoms with E-state index < -0.39 is 6.10 Å². The van der Waals surface area contributed by atoms with Crippen molar-refractivity contribution >= 4 is 23.3 Å². The zero-order chi connectivity index (χ0) is 20.1. The number of nitrogens with two attached hydrogens (primary N) is 1. The summed E-state index contributed by atoms with van der Waals surface area (Å²) in [6.45, 7) is 1.45. The van der Waals surface area contributed by atoms with Gasteiger partial charge in [0.05, 0.1) is 11.5 Å². The molecule has 6 heteroatoms. The highest BCUT2D eigenvalue weighted by molar-refractivity contribution is 5.94. The molecule has 3 aromatic carbocycles. The number of benzene rings is 3. The lowest BCUT2D eigenvalue weighted by molar-refractivity contribution is -0.114. The van der Waals surface area contributed by atoms with Crippen LogP contribution in [-0.4, -0.2) is 11.9 Å². The number of hydrogen-bond acceptors (Lipinski definition) is 5. The van der Waals surface area contributed by atoms with Crippen LogP contribution < -0.4 is 15.8 Å². The zero-order valence-electron chi connectivity index (χ0n) is 15.6. The van der Waals surface area contributed by atoms with Crippen LogP contribution in [0.1, 0.15) is 46.0 Å². The number of amides is 1. The van der Waals surface area contributed by atoms with E-state index in [0.29, 0.717) is 28.4 Å². The van der Waals surface area contributed by atoms with Crippen molar-refractivity contribution in [2.45, 2.75) is 18.9 Å². The number of esters is 1. The highest BCUT2D eigenvalue weighted by atomic mass is 16.5. The largest absolute Gasteiger partial charge is 0.457 e. The number of ether oxygens (including phenoxy) is 2. The van der Waals surface area contributed by atoms with Crippen LogP contribution in [-0.2, 0) is 9.53 Å². The van der Waals surface area contributed by atoms with Gasteiger partial charge in [-0.15, -0.1) is 0 Å². The Morgan fingerprint density at radius 2 is 1.69 bits per heavy atom. The van der Waals surface area contributed by atoms with Gasteiger partial charge in [-0.1, -0.05) is 30.3 Å². The first-order valence-corrected chi connectivity index (χ1v) is 9.30. The molecule has 0 aliphatic carbocycles. The molecule has 0 radical (unpaired) electrons. The third-order valence-corrected chi connectivity index (χ3v) is 5.29. The van der Waals surface area contributed by atoms with Crippen LogP contribution in [0, 0.1) is 0 Å². The summed E-state index contributed by atoms with van der Waals surface area (Å²) in [6, 6.07) is 18.4. The van der Waals surface area contributed by atoms with Crippen LogP contribution in [0.25, 0.3) is 0 Å². The van der Waals surface area contributed by atoms with Gasteiger partial charge in [0, 0.05) is 47.1 Å². The van der Waals surface area contributed by atoms with Crippen LogP contribution >= 0.6 is 0 Å². The summed E-state index contributed by atoms with van der Waals surface area (Å²) in [5.74, 6) is 0.460. The van der Waals surface area contributed by atoms with Gasteiger partial charge in [0.25, 0.3) is 0 Å². The first-order valence-electron chi connectivity index (χ1n) is 9.30. The molecule has 0 fully saturated rings. The second-order valence-corrected chi connectivity index (χ2v) is 7.22. The van der Waals surface area contributed by atoms with Crippen molar-refractivity contribution < 1.29 is 19.1 Å². The van der Waals surface area contributed by atoms with Gasteiger partial charge in [0.2, 0.25) is 5.91 Å². The van der Waals surface area contributed by atoms with Gasteiger partial charge in [-0.3, -0.25) is 4.79 Å². The maximum atomic E-state index is 12.5. The van der Waals surface area contributed by atoms with E-state index in [4.69, 9.17) is 15.2 Å². The Morgan fingerprint density at radius 3 is 2.48 bits per heavy atom. The van der Waals surface area contributed by atoms with Crippen molar-refractivity contribution in [1.29, 1.82) is 0 Å². The second-order valence-electron chi connectivity index (χ2n) is 7.22. The van der Waals surface area contributed by atoms with Crippen molar-refractivity contribution in [1.82, 2.24) is 0 Å². The molecule has 2 heterocycles. The molecule has 29 heavy (non-hydrogen) atoms. The van der Waals surface area contributed by atoms with Crippen molar-refractivity contribution in [3.8, 4) is 11.5 Å². The normalized spacial score (nSPS) is 18.7. The Labute approximate surface area is 167 Å². The Hall–Kier alpha value is -3.80. The van der Waals surface area contributed by atoms with E-state index in [1.165, 1.54) is 6.92 Å². The molecule has 144 valence electrons. The fourth-order valence-electron chi connectivity index (χ4n) is 4.09. The van der Waals surface area contributed by atoms with Crippen molar-refractivity contribution in [2.75, 3.05) is 11.1 Å². The molecule has 0 spiro atoms. The number of cyclic esters (lactones) is 1. The predicted molar refractivity (Wildman–Crippen MR) is 108 cm³/mol. The van der Waals surface area contributed by atoms with Crippen molar-refractivity contribution in [3.63, 3.8) is 0 Å². The average Bonchev–Trinajstić information content (AvgIpc) is 3.02. The molecular formula is C23H18N2O4. The highest BCUT2D eigenvalue weighted by Gasteiger charge is 2.42. The summed E-state index contributed by atoms with van der Waals surface area (Å²) in [4.78, 5) is 23.9. The summed E-state index contributed by atoms with van der Waals surface area (Å²) < 4.78 is 11.9. The van der Waals surface area contributed by atoms with Crippen molar-refractivity contribution in [2.24, 2.45) is 0 Å². The minimum Gasteiger partial charge on any atom is -0.457 e. The molecule has 2 unspecified atom stereocenters. The van der Waals surface area contributed by atoms with Gasteiger partial charge in [-0.25, -0.2) is 4.79 Å². The predicted octanol–water partition coefficient (Wildman–Crippen LogP) is 4.38. The average molecular weight is 386 g/mol. The molecule has 5 rings (SSSR count). The topological polar surface area (TPSA) is 90.7 Å². The molecule has 3 aromatic rings. The number of hydrogen-bond donors (Lipinski definition) is 2. The zero-order valence-corrected chi connectivity index (χ0v) is 15.6. The molecule has 2 atom stereocenters. The van der Waals surface area contributed by atoms with Crippen molar-refractivity contribution in [3.05, 3.63) is 82.9 Å². The fraction of sp³-hybridized carbons (Fsp3) is 0.130. The lowest BCUT2D eigenvalue weighted by atomic mass is 9.81. The lowest BCUT2D eigenvalue weighted by Gasteiger charge is -2.32. The van der Waals surface area contributed by atoms with E-state index in [1.807, 2.05) is 42.5 Å². The first kappa shape index (κ1) is 17.3. The van der Waals surface area contributed by atoms with Gasteiger partial charge in [-0.05, 0) is 18.2 Å². The van der Waals surface area contributed by atoms with E-state index >= 15 is 0 Å². The number of rotatable bonds is 2. The molecule has 0 saturated heterocycles. The van der Waals surface area contributed by atoms with E-state index in [0.717, 1.165) is 16.7 Å². The SMILES string of the molecule is CC(=O)Nc1ccc2c(c1)Oc1cc(N)ccc1C2C1OC(=O)c2ccccc21. The van der Waals surface area contributed by atoms with Gasteiger partial charge in [-0.2, -0.15) is 0 Å². The standard InChI is InChI=1S/C23H18N2O4/c1-12(26)25-14-7-9-18-20(11-14)28-19-10-13(24)6-8-17(19)21(18)22-15-4-2-3-5-16(15)23(27)29-22/h2-11,21-22H,24H2,1H3,(H,25,26). The third-order valence-electron chi connectivity index (χ3n) is 5.29. The van der Waals surface area contributed by atoms with E-state index in [2.05, 4.69) is 5.32 Å². The molecule has 0 aromatic heterocycles. The molecule has 0 saturated carbocycles. The Bertz CT molecular complexity index is 1170. The summed E-state index contributed by atoms with van der Waals surface area (Å²) >= 11 is 0. The Kier molecular flexibility index (Phi) is 3.81. The quantitative estimate of drug-likeness (QED) is 0.504. The van der Waals surface area contributed by atoms with Crippen LogP contribution in [0.2, 0.25) is 0 Å². The number of anilines is 2. The van der Waals surface area contributed by atoms with Gasteiger partial charge in [0.1, 0.15) is 17.6 Å². The molecular weight excluding hydrogens is 368 g/mol.